The second-order valence-corrected chi connectivity index (χ2v) is 15.5. The Bertz CT molecular complexity index is 1520. The Hall–Kier alpha value is -2.76. The number of thioether (sulfide) groups is 1. The maximum Gasteiger partial charge on any atom is 0.209 e. The van der Waals surface area contributed by atoms with Crippen molar-refractivity contribution in [2.45, 2.75) is 66.8 Å². The van der Waals surface area contributed by atoms with E-state index in [1.807, 2.05) is 61.2 Å². The van der Waals surface area contributed by atoms with Gasteiger partial charge in [0.15, 0.2) is 5.44 Å². The highest BCUT2D eigenvalue weighted by molar-refractivity contribution is 7.99. The Labute approximate surface area is 279 Å². The molecule has 1 unspecified atom stereocenters. The molecule has 2 aliphatic rings. The summed E-state index contributed by atoms with van der Waals surface area (Å²) in [5.41, 5.74) is 2.37. The standard InChI is InChI=1S/C36H48N2O6S2/c1-25-7-14-31(15-8-25)46(39,40)36(28-11-16-34-33(22-28)38(18-20-43-34)17-6-19-41-3)44-35-24-37-29(21-26(2)45-5)23-32(35)27-9-12-30(42-4)13-10-27/h7-16,22,26,29,32,35-37H,6,17-21,23-24H2,1-5H3/t26-,29-,32+,35-,36?/m0/s1. The number of benzene rings is 3. The molecule has 1 fully saturated rings. The maximum absolute atomic E-state index is 14.5. The van der Waals surface area contributed by atoms with E-state index >= 15 is 0 Å². The number of fused-ring (bicyclic) bond motifs is 1. The SMILES string of the molecule is COCCCN1CCOc2ccc(C(O[C@H]3CN[C@@H](C[C@H](C)SC)C[C@@H]3c3ccc(OC)cc3)S(=O)(=O)c3ccc(C)cc3)cc21. The fraction of sp³-hybridized carbons (Fsp3) is 0.500. The molecule has 0 radical (unpaired) electrons. The molecule has 2 aliphatic heterocycles. The highest BCUT2D eigenvalue weighted by Crippen LogP contribution is 2.42. The fourth-order valence-corrected chi connectivity index (χ4v) is 8.38. The maximum atomic E-state index is 14.5. The summed E-state index contributed by atoms with van der Waals surface area (Å²) in [5, 5.41) is 4.21. The zero-order valence-corrected chi connectivity index (χ0v) is 29.2. The minimum atomic E-state index is -3.94. The van der Waals surface area contributed by atoms with Crippen LogP contribution in [0.5, 0.6) is 11.5 Å². The summed E-state index contributed by atoms with van der Waals surface area (Å²) in [6, 6.07) is 21.1. The van der Waals surface area contributed by atoms with Crippen LogP contribution in [0.4, 0.5) is 5.69 Å². The molecule has 0 aromatic heterocycles. The lowest BCUT2D eigenvalue weighted by Gasteiger charge is -2.40. The zero-order valence-electron chi connectivity index (χ0n) is 27.6. The highest BCUT2D eigenvalue weighted by Gasteiger charge is 2.39. The van der Waals surface area contributed by atoms with Gasteiger partial charge in [0, 0.05) is 44.0 Å². The summed E-state index contributed by atoms with van der Waals surface area (Å²) in [6.45, 7) is 7.48. The van der Waals surface area contributed by atoms with Crippen molar-refractivity contribution in [2.75, 3.05) is 58.2 Å². The van der Waals surface area contributed by atoms with Crippen LogP contribution in [-0.4, -0.2) is 79.1 Å². The molecule has 250 valence electrons. The average Bonchev–Trinajstić information content (AvgIpc) is 3.07. The van der Waals surface area contributed by atoms with E-state index in [0.717, 1.165) is 60.7 Å². The molecule has 3 aromatic carbocycles. The van der Waals surface area contributed by atoms with Gasteiger partial charge in [-0.25, -0.2) is 8.42 Å². The van der Waals surface area contributed by atoms with Crippen molar-refractivity contribution in [3.63, 3.8) is 0 Å². The predicted octanol–water partition coefficient (Wildman–Crippen LogP) is 6.38. The van der Waals surface area contributed by atoms with Crippen LogP contribution in [0.3, 0.4) is 0 Å². The lowest BCUT2D eigenvalue weighted by atomic mass is 9.83. The molecule has 0 amide bonds. The largest absolute Gasteiger partial charge is 0.497 e. The van der Waals surface area contributed by atoms with Gasteiger partial charge in [-0.15, -0.1) is 0 Å². The molecule has 0 spiro atoms. The average molecular weight is 669 g/mol. The van der Waals surface area contributed by atoms with Gasteiger partial charge in [0.2, 0.25) is 9.84 Å². The number of piperidine rings is 1. The number of aryl methyl sites for hydroxylation is 1. The molecule has 1 saturated heterocycles. The predicted molar refractivity (Wildman–Crippen MR) is 186 cm³/mol. The summed E-state index contributed by atoms with van der Waals surface area (Å²) in [5.74, 6) is 1.53. The number of rotatable bonds is 14. The van der Waals surface area contributed by atoms with E-state index in [4.69, 9.17) is 18.9 Å². The van der Waals surface area contributed by atoms with Gasteiger partial charge in [-0.05, 0) is 80.0 Å². The topological polar surface area (TPSA) is 86.3 Å². The summed E-state index contributed by atoms with van der Waals surface area (Å²) in [6.07, 6.45) is 4.47. The van der Waals surface area contributed by atoms with E-state index in [0.29, 0.717) is 36.6 Å². The van der Waals surface area contributed by atoms with Gasteiger partial charge in [0.25, 0.3) is 0 Å². The van der Waals surface area contributed by atoms with Gasteiger partial charge >= 0.3 is 0 Å². The molecule has 0 saturated carbocycles. The lowest BCUT2D eigenvalue weighted by Crippen LogP contribution is -2.48. The third-order valence-corrected chi connectivity index (χ3v) is 12.0. The molecule has 5 atom stereocenters. The number of nitrogens with one attached hydrogen (secondary N) is 1. The number of anilines is 1. The van der Waals surface area contributed by atoms with Crippen LogP contribution < -0.4 is 19.7 Å². The van der Waals surface area contributed by atoms with Crippen LogP contribution in [0, 0.1) is 6.92 Å². The first-order valence-corrected chi connectivity index (χ1v) is 18.9. The van der Waals surface area contributed by atoms with E-state index < -0.39 is 15.3 Å². The lowest BCUT2D eigenvalue weighted by molar-refractivity contribution is -0.00659. The fourth-order valence-electron chi connectivity index (χ4n) is 6.40. The van der Waals surface area contributed by atoms with Gasteiger partial charge < -0.3 is 29.2 Å². The van der Waals surface area contributed by atoms with Gasteiger partial charge in [0.05, 0.1) is 30.3 Å². The minimum Gasteiger partial charge on any atom is -0.497 e. The molecule has 2 heterocycles. The van der Waals surface area contributed by atoms with Crippen molar-refractivity contribution in [1.82, 2.24) is 5.32 Å². The first-order chi connectivity index (χ1) is 22.2. The second-order valence-electron chi connectivity index (χ2n) is 12.3. The Morgan fingerprint density at radius 1 is 1.07 bits per heavy atom. The summed E-state index contributed by atoms with van der Waals surface area (Å²) >= 11 is 1.86. The molecule has 0 aliphatic carbocycles. The second kappa shape index (κ2) is 15.9. The molecule has 0 bridgehead atoms. The van der Waals surface area contributed by atoms with Crippen LogP contribution in [0.15, 0.2) is 71.6 Å². The number of hydrogen-bond donors (Lipinski definition) is 1. The van der Waals surface area contributed by atoms with E-state index in [1.54, 1.807) is 26.4 Å². The number of sulfone groups is 1. The van der Waals surface area contributed by atoms with Crippen molar-refractivity contribution >= 4 is 27.3 Å². The molecule has 5 rings (SSSR count). The molecular formula is C36H48N2O6S2. The zero-order chi connectivity index (χ0) is 32.7. The van der Waals surface area contributed by atoms with Crippen LogP contribution in [-0.2, 0) is 19.3 Å². The first-order valence-electron chi connectivity index (χ1n) is 16.1. The quantitative estimate of drug-likeness (QED) is 0.197. The number of ether oxygens (including phenoxy) is 4. The van der Waals surface area contributed by atoms with Crippen LogP contribution in [0.2, 0.25) is 0 Å². The smallest absolute Gasteiger partial charge is 0.209 e. The van der Waals surface area contributed by atoms with E-state index in [2.05, 4.69) is 35.5 Å². The van der Waals surface area contributed by atoms with Crippen molar-refractivity contribution in [1.29, 1.82) is 0 Å². The van der Waals surface area contributed by atoms with E-state index in [9.17, 15) is 8.42 Å². The number of hydrogen-bond acceptors (Lipinski definition) is 9. The van der Waals surface area contributed by atoms with Crippen LogP contribution in [0.1, 0.15) is 54.2 Å². The Balaban J connectivity index is 1.53. The van der Waals surface area contributed by atoms with E-state index in [-0.39, 0.29) is 16.9 Å². The van der Waals surface area contributed by atoms with Crippen molar-refractivity contribution in [3.8, 4) is 11.5 Å². The molecule has 10 heteroatoms. The summed E-state index contributed by atoms with van der Waals surface area (Å²) in [7, 11) is -0.577. The van der Waals surface area contributed by atoms with Crippen LogP contribution >= 0.6 is 11.8 Å². The Morgan fingerprint density at radius 2 is 1.83 bits per heavy atom. The van der Waals surface area contributed by atoms with Gasteiger partial charge in [-0.1, -0.05) is 42.8 Å². The molecule has 1 N–H and O–H groups in total. The van der Waals surface area contributed by atoms with Crippen molar-refractivity contribution in [2.24, 2.45) is 0 Å². The Kier molecular flexibility index (Phi) is 11.9. The first kappa shape index (κ1) is 34.6. The van der Waals surface area contributed by atoms with Gasteiger partial charge in [-0.2, -0.15) is 11.8 Å². The normalized spacial score (nSPS) is 21.2. The minimum absolute atomic E-state index is 0.00608. The molecule has 46 heavy (non-hydrogen) atoms. The summed E-state index contributed by atoms with van der Waals surface area (Å²) < 4.78 is 52.7. The molecule has 8 nitrogen and oxygen atoms in total. The van der Waals surface area contributed by atoms with Crippen molar-refractivity contribution in [3.05, 3.63) is 83.4 Å². The Morgan fingerprint density at radius 3 is 2.52 bits per heavy atom. The van der Waals surface area contributed by atoms with E-state index in [1.165, 1.54) is 0 Å². The third-order valence-electron chi connectivity index (χ3n) is 9.08. The number of nitrogens with zero attached hydrogens (tertiary/aromatic N) is 1. The third kappa shape index (κ3) is 8.20. The molecular weight excluding hydrogens is 621 g/mol. The highest BCUT2D eigenvalue weighted by atomic mass is 32.2. The molecule has 3 aromatic rings. The monoisotopic (exact) mass is 668 g/mol. The van der Waals surface area contributed by atoms with Gasteiger partial charge in [-0.3, -0.25) is 0 Å². The van der Waals surface area contributed by atoms with Crippen LogP contribution in [0.25, 0.3) is 0 Å². The summed E-state index contributed by atoms with van der Waals surface area (Å²) in [4.78, 5) is 2.49. The van der Waals surface area contributed by atoms with Crippen molar-refractivity contribution < 1.29 is 27.4 Å². The number of methoxy groups -OCH3 is 2. The van der Waals surface area contributed by atoms with Gasteiger partial charge in [0.1, 0.15) is 18.1 Å².